The lowest BCUT2D eigenvalue weighted by atomic mass is 10.2. The quantitative estimate of drug-likeness (QED) is 0.669. The fraction of sp³-hybridized carbons (Fsp3) is 0.667. The highest BCUT2D eigenvalue weighted by Gasteiger charge is 2.03. The number of hydrogen-bond donors (Lipinski definition) is 2. The van der Waals surface area contributed by atoms with Gasteiger partial charge in [-0.1, -0.05) is 26.0 Å². The van der Waals surface area contributed by atoms with E-state index in [2.05, 4.69) is 10.6 Å². The van der Waals surface area contributed by atoms with Crippen LogP contribution in [0, 0.1) is 5.92 Å². The minimum Gasteiger partial charge on any atom is -0.354 e. The number of amides is 2. The fourth-order valence-electron chi connectivity index (χ4n) is 1.02. The van der Waals surface area contributed by atoms with Crippen molar-refractivity contribution in [3.8, 4) is 0 Å². The van der Waals surface area contributed by atoms with Gasteiger partial charge in [-0.2, -0.15) is 0 Å². The minimum absolute atomic E-state index is 0.00133. The Labute approximate surface area is 97.5 Å². The zero-order valence-corrected chi connectivity index (χ0v) is 10.5. The smallest absolute Gasteiger partial charge is 0.223 e. The maximum Gasteiger partial charge on any atom is 0.223 e. The topological polar surface area (TPSA) is 58.2 Å². The summed E-state index contributed by atoms with van der Waals surface area (Å²) in [6.07, 6.45) is 3.91. The summed E-state index contributed by atoms with van der Waals surface area (Å²) < 4.78 is 0. The molecule has 4 heteroatoms. The highest BCUT2D eigenvalue weighted by Crippen LogP contribution is 1.90. The summed E-state index contributed by atoms with van der Waals surface area (Å²) in [6, 6.07) is 0.168. The van der Waals surface area contributed by atoms with Crippen LogP contribution in [0.15, 0.2) is 12.2 Å². The molecule has 0 fully saturated rings. The van der Waals surface area contributed by atoms with E-state index in [4.69, 9.17) is 0 Å². The van der Waals surface area contributed by atoms with Gasteiger partial charge in [-0.3, -0.25) is 9.59 Å². The summed E-state index contributed by atoms with van der Waals surface area (Å²) in [5.41, 5.74) is 0. The molecule has 2 N–H and O–H groups in total. The second kappa shape index (κ2) is 7.91. The third-order valence-corrected chi connectivity index (χ3v) is 1.84. The van der Waals surface area contributed by atoms with Crippen molar-refractivity contribution in [2.24, 2.45) is 5.92 Å². The van der Waals surface area contributed by atoms with Gasteiger partial charge in [0.05, 0.1) is 0 Å². The number of rotatable bonds is 6. The molecule has 0 aliphatic rings. The van der Waals surface area contributed by atoms with Gasteiger partial charge in [0.15, 0.2) is 0 Å². The van der Waals surface area contributed by atoms with Gasteiger partial charge in [0.25, 0.3) is 0 Å². The van der Waals surface area contributed by atoms with E-state index < -0.39 is 0 Å². The van der Waals surface area contributed by atoms with Crippen LogP contribution in [-0.2, 0) is 9.59 Å². The van der Waals surface area contributed by atoms with Crippen LogP contribution >= 0.6 is 0 Å². The molecule has 0 aromatic rings. The summed E-state index contributed by atoms with van der Waals surface area (Å²) in [4.78, 5) is 22.4. The Kier molecular flexibility index (Phi) is 7.25. The van der Waals surface area contributed by atoms with Crippen molar-refractivity contribution in [3.63, 3.8) is 0 Å². The summed E-state index contributed by atoms with van der Waals surface area (Å²) in [5.74, 6) is 0.0235. The molecular formula is C12H22N2O2. The van der Waals surface area contributed by atoms with Gasteiger partial charge >= 0.3 is 0 Å². The molecule has 0 aliphatic heterocycles. The van der Waals surface area contributed by atoms with Gasteiger partial charge in [0, 0.05) is 24.9 Å². The van der Waals surface area contributed by atoms with Crippen LogP contribution in [0.2, 0.25) is 0 Å². The second-order valence-electron chi connectivity index (χ2n) is 4.30. The molecule has 0 aromatic carbocycles. The number of carbonyl (C=O) groups excluding carboxylic acids is 2. The zero-order chi connectivity index (χ0) is 12.6. The normalized spacial score (nSPS) is 11.1. The monoisotopic (exact) mass is 226 g/mol. The van der Waals surface area contributed by atoms with E-state index >= 15 is 0 Å². The Balaban J connectivity index is 3.63. The van der Waals surface area contributed by atoms with Crippen molar-refractivity contribution in [2.75, 3.05) is 6.54 Å². The number of nitrogens with one attached hydrogen (secondary N) is 2. The van der Waals surface area contributed by atoms with E-state index in [0.717, 1.165) is 0 Å². The molecule has 0 saturated heterocycles. The van der Waals surface area contributed by atoms with Gasteiger partial charge in [-0.05, 0) is 13.8 Å². The van der Waals surface area contributed by atoms with Crippen LogP contribution in [0.25, 0.3) is 0 Å². The first-order valence-electron chi connectivity index (χ1n) is 5.65. The van der Waals surface area contributed by atoms with Gasteiger partial charge in [-0.15, -0.1) is 0 Å². The second-order valence-corrected chi connectivity index (χ2v) is 4.30. The number of hydrogen-bond acceptors (Lipinski definition) is 2. The molecular weight excluding hydrogens is 204 g/mol. The maximum atomic E-state index is 11.2. The zero-order valence-electron chi connectivity index (χ0n) is 10.5. The van der Waals surface area contributed by atoms with E-state index in [1.807, 2.05) is 27.7 Å². The molecule has 0 heterocycles. The van der Waals surface area contributed by atoms with E-state index in [9.17, 15) is 9.59 Å². The van der Waals surface area contributed by atoms with Crippen molar-refractivity contribution >= 4 is 11.8 Å². The van der Waals surface area contributed by atoms with E-state index in [0.29, 0.717) is 13.0 Å². The first-order valence-corrected chi connectivity index (χ1v) is 5.65. The molecule has 0 radical (unpaired) electrons. The van der Waals surface area contributed by atoms with Gasteiger partial charge in [0.2, 0.25) is 11.8 Å². The summed E-state index contributed by atoms with van der Waals surface area (Å²) >= 11 is 0. The molecule has 0 unspecified atom stereocenters. The molecule has 0 rings (SSSR count). The van der Waals surface area contributed by atoms with Crippen LogP contribution in [-0.4, -0.2) is 24.4 Å². The lowest BCUT2D eigenvalue weighted by Crippen LogP contribution is -2.29. The summed E-state index contributed by atoms with van der Waals surface area (Å²) in [5, 5.41) is 5.52. The van der Waals surface area contributed by atoms with Crippen molar-refractivity contribution in [3.05, 3.63) is 12.2 Å². The lowest BCUT2D eigenvalue weighted by Gasteiger charge is -2.06. The molecule has 0 saturated carbocycles. The van der Waals surface area contributed by atoms with Crippen molar-refractivity contribution < 1.29 is 9.59 Å². The van der Waals surface area contributed by atoms with Gasteiger partial charge in [-0.25, -0.2) is 0 Å². The highest BCUT2D eigenvalue weighted by molar-refractivity contribution is 5.78. The molecule has 0 aliphatic carbocycles. The van der Waals surface area contributed by atoms with E-state index in [-0.39, 0.29) is 23.8 Å². The summed E-state index contributed by atoms with van der Waals surface area (Å²) in [7, 11) is 0. The third kappa shape index (κ3) is 8.03. The van der Waals surface area contributed by atoms with Crippen LogP contribution in [0.3, 0.4) is 0 Å². The Morgan fingerprint density at radius 2 is 1.75 bits per heavy atom. The van der Waals surface area contributed by atoms with Crippen molar-refractivity contribution in [2.45, 2.75) is 40.2 Å². The Bertz CT molecular complexity index is 258. The standard InChI is InChI=1S/C12H22N2O2/c1-9(2)12(16)13-8-6-5-7-11(15)14-10(3)4/h5-6,9-10H,7-8H2,1-4H3,(H,13,16)(H,14,15)/b6-5+. The van der Waals surface area contributed by atoms with Crippen LogP contribution in [0.5, 0.6) is 0 Å². The number of carbonyl (C=O) groups is 2. The molecule has 92 valence electrons. The largest absolute Gasteiger partial charge is 0.354 e. The molecule has 0 aromatic heterocycles. The molecule has 2 amide bonds. The van der Waals surface area contributed by atoms with Gasteiger partial charge < -0.3 is 10.6 Å². The van der Waals surface area contributed by atoms with Crippen LogP contribution in [0.4, 0.5) is 0 Å². The average molecular weight is 226 g/mol. The lowest BCUT2D eigenvalue weighted by molar-refractivity contribution is -0.123. The van der Waals surface area contributed by atoms with Gasteiger partial charge in [0.1, 0.15) is 0 Å². The predicted molar refractivity (Wildman–Crippen MR) is 64.9 cm³/mol. The van der Waals surface area contributed by atoms with E-state index in [1.165, 1.54) is 0 Å². The third-order valence-electron chi connectivity index (χ3n) is 1.84. The fourth-order valence-corrected chi connectivity index (χ4v) is 1.02. The molecule has 4 nitrogen and oxygen atoms in total. The predicted octanol–water partition coefficient (Wildman–Crippen LogP) is 1.23. The Morgan fingerprint density at radius 1 is 1.12 bits per heavy atom. The molecule has 0 spiro atoms. The SMILES string of the molecule is CC(C)NC(=O)C/C=C/CNC(=O)C(C)C. The minimum atomic E-state index is -0.00219. The molecule has 16 heavy (non-hydrogen) atoms. The maximum absolute atomic E-state index is 11.2. The molecule has 0 bridgehead atoms. The van der Waals surface area contributed by atoms with Crippen molar-refractivity contribution in [1.29, 1.82) is 0 Å². The summed E-state index contributed by atoms with van der Waals surface area (Å²) in [6.45, 7) is 8.01. The first kappa shape index (κ1) is 14.7. The van der Waals surface area contributed by atoms with Crippen molar-refractivity contribution in [1.82, 2.24) is 10.6 Å². The van der Waals surface area contributed by atoms with Crippen LogP contribution < -0.4 is 10.6 Å². The van der Waals surface area contributed by atoms with E-state index in [1.54, 1.807) is 12.2 Å². The van der Waals surface area contributed by atoms with Crippen LogP contribution in [0.1, 0.15) is 34.1 Å². The first-order chi connectivity index (χ1) is 7.43. The Hall–Kier alpha value is -1.32. The average Bonchev–Trinajstić information content (AvgIpc) is 2.15. The highest BCUT2D eigenvalue weighted by atomic mass is 16.2. The Morgan fingerprint density at radius 3 is 2.25 bits per heavy atom. The molecule has 0 atom stereocenters.